The van der Waals surface area contributed by atoms with E-state index in [1.165, 1.54) is 4.90 Å². The van der Waals surface area contributed by atoms with Gasteiger partial charge >= 0.3 is 12.1 Å². The highest BCUT2D eigenvalue weighted by Crippen LogP contribution is 2.23. The highest BCUT2D eigenvalue weighted by molar-refractivity contribution is 6.03. The van der Waals surface area contributed by atoms with Gasteiger partial charge in [-0.15, -0.1) is 0 Å². The Balaban J connectivity index is 1.62. The van der Waals surface area contributed by atoms with Crippen molar-refractivity contribution in [2.24, 2.45) is 0 Å². The topological polar surface area (TPSA) is 84.9 Å². The minimum absolute atomic E-state index is 0.150. The quantitative estimate of drug-likeness (QED) is 0.502. The third-order valence-corrected chi connectivity index (χ3v) is 5.13. The number of ether oxygens (including phenoxy) is 2. The molecule has 3 rings (SSSR count). The zero-order valence-electron chi connectivity index (χ0n) is 17.7. The molecule has 0 radical (unpaired) electrons. The van der Waals surface area contributed by atoms with Gasteiger partial charge in [-0.05, 0) is 37.0 Å². The van der Waals surface area contributed by atoms with Crippen LogP contribution in [-0.4, -0.2) is 42.1 Å². The third-order valence-electron chi connectivity index (χ3n) is 5.13. The standard InChI is InChI=1S/C24H28N2O5/c1-2-3-16-30-23(28)19-12-7-8-13-20(19)25-22(27)21-14-9-15-26(21)24(29)31-17-18-10-5-4-6-11-18/h4-8,10-13,21H,2-3,9,14-17H2,1H3,(H,25,27). The Bertz CT molecular complexity index is 900. The van der Waals surface area contributed by atoms with Crippen LogP contribution in [0.3, 0.4) is 0 Å². The van der Waals surface area contributed by atoms with Gasteiger partial charge in [-0.25, -0.2) is 9.59 Å². The fourth-order valence-electron chi connectivity index (χ4n) is 3.43. The molecule has 2 amide bonds. The molecule has 0 aliphatic carbocycles. The number of unbranched alkanes of at least 4 members (excludes halogenated alkanes) is 1. The van der Waals surface area contributed by atoms with E-state index in [2.05, 4.69) is 5.32 Å². The second kappa shape index (κ2) is 11.2. The smallest absolute Gasteiger partial charge is 0.410 e. The average Bonchev–Trinajstić information content (AvgIpc) is 3.29. The Morgan fingerprint density at radius 3 is 2.55 bits per heavy atom. The molecule has 1 aliphatic heterocycles. The molecule has 1 aliphatic rings. The number of nitrogens with one attached hydrogen (secondary N) is 1. The summed E-state index contributed by atoms with van der Waals surface area (Å²) in [5.74, 6) is -0.821. The summed E-state index contributed by atoms with van der Waals surface area (Å²) in [6.07, 6.45) is 2.43. The summed E-state index contributed by atoms with van der Waals surface area (Å²) in [6.45, 7) is 2.95. The van der Waals surface area contributed by atoms with Gasteiger partial charge in [0.2, 0.25) is 5.91 Å². The maximum absolute atomic E-state index is 12.9. The highest BCUT2D eigenvalue weighted by atomic mass is 16.6. The van der Waals surface area contributed by atoms with Crippen molar-refractivity contribution >= 4 is 23.7 Å². The maximum atomic E-state index is 12.9. The molecule has 2 aromatic rings. The number of carbonyl (C=O) groups is 3. The van der Waals surface area contributed by atoms with Crippen LogP contribution in [0.15, 0.2) is 54.6 Å². The van der Waals surface area contributed by atoms with E-state index in [1.54, 1.807) is 24.3 Å². The first-order valence-corrected chi connectivity index (χ1v) is 10.6. The maximum Gasteiger partial charge on any atom is 0.410 e. The van der Waals surface area contributed by atoms with Crippen molar-refractivity contribution in [2.75, 3.05) is 18.5 Å². The summed E-state index contributed by atoms with van der Waals surface area (Å²) in [4.78, 5) is 39.3. The van der Waals surface area contributed by atoms with Gasteiger partial charge in [0, 0.05) is 6.54 Å². The number of hydrogen-bond acceptors (Lipinski definition) is 5. The molecule has 31 heavy (non-hydrogen) atoms. The summed E-state index contributed by atoms with van der Waals surface area (Å²) < 4.78 is 10.7. The second-order valence-corrected chi connectivity index (χ2v) is 7.42. The monoisotopic (exact) mass is 424 g/mol. The molecule has 1 heterocycles. The summed E-state index contributed by atoms with van der Waals surface area (Å²) >= 11 is 0. The van der Waals surface area contributed by atoms with Crippen LogP contribution >= 0.6 is 0 Å². The van der Waals surface area contributed by atoms with Crippen molar-refractivity contribution in [1.29, 1.82) is 0 Å². The fourth-order valence-corrected chi connectivity index (χ4v) is 3.43. The number of anilines is 1. The molecule has 1 unspecified atom stereocenters. The Labute approximate surface area is 182 Å². The second-order valence-electron chi connectivity index (χ2n) is 7.42. The van der Waals surface area contributed by atoms with Gasteiger partial charge < -0.3 is 14.8 Å². The number of rotatable bonds is 8. The van der Waals surface area contributed by atoms with Gasteiger partial charge in [0.25, 0.3) is 0 Å². The predicted molar refractivity (Wildman–Crippen MR) is 117 cm³/mol. The fraction of sp³-hybridized carbons (Fsp3) is 0.375. The van der Waals surface area contributed by atoms with E-state index in [9.17, 15) is 14.4 Å². The van der Waals surface area contributed by atoms with E-state index in [-0.39, 0.29) is 12.5 Å². The van der Waals surface area contributed by atoms with Gasteiger partial charge in [-0.1, -0.05) is 55.8 Å². The molecular formula is C24H28N2O5. The molecule has 1 N–H and O–H groups in total. The summed E-state index contributed by atoms with van der Waals surface area (Å²) in [7, 11) is 0. The Morgan fingerprint density at radius 2 is 1.77 bits per heavy atom. The molecular weight excluding hydrogens is 396 g/mol. The van der Waals surface area contributed by atoms with E-state index in [1.807, 2.05) is 37.3 Å². The van der Waals surface area contributed by atoms with Crippen LogP contribution in [-0.2, 0) is 20.9 Å². The number of nitrogens with zero attached hydrogens (tertiary/aromatic N) is 1. The van der Waals surface area contributed by atoms with Crippen molar-refractivity contribution in [3.63, 3.8) is 0 Å². The van der Waals surface area contributed by atoms with Gasteiger partial charge in [-0.2, -0.15) is 0 Å². The van der Waals surface area contributed by atoms with Crippen molar-refractivity contribution in [1.82, 2.24) is 4.90 Å². The average molecular weight is 424 g/mol. The summed E-state index contributed by atoms with van der Waals surface area (Å²) in [6, 6.07) is 15.5. The van der Waals surface area contributed by atoms with Gasteiger partial charge in [0.05, 0.1) is 17.9 Å². The largest absolute Gasteiger partial charge is 0.462 e. The van der Waals surface area contributed by atoms with E-state index >= 15 is 0 Å². The van der Waals surface area contributed by atoms with E-state index in [0.717, 1.165) is 18.4 Å². The Kier molecular flexibility index (Phi) is 8.04. The van der Waals surface area contributed by atoms with Crippen LogP contribution in [0.5, 0.6) is 0 Å². The van der Waals surface area contributed by atoms with Crippen LogP contribution in [0.1, 0.15) is 48.5 Å². The van der Waals surface area contributed by atoms with Crippen LogP contribution < -0.4 is 5.32 Å². The molecule has 0 aromatic heterocycles. The summed E-state index contributed by atoms with van der Waals surface area (Å²) in [5, 5.41) is 2.79. The molecule has 1 atom stereocenters. The van der Waals surface area contributed by atoms with E-state index in [4.69, 9.17) is 9.47 Å². The lowest BCUT2D eigenvalue weighted by atomic mass is 10.1. The zero-order valence-corrected chi connectivity index (χ0v) is 17.7. The third kappa shape index (κ3) is 6.07. The number of esters is 1. The first-order valence-electron chi connectivity index (χ1n) is 10.6. The van der Waals surface area contributed by atoms with E-state index < -0.39 is 18.1 Å². The first kappa shape index (κ1) is 22.3. The molecule has 1 saturated heterocycles. The molecule has 0 spiro atoms. The molecule has 1 fully saturated rings. The van der Waals surface area contributed by atoms with Gasteiger partial charge in [-0.3, -0.25) is 9.69 Å². The van der Waals surface area contributed by atoms with Crippen molar-refractivity contribution < 1.29 is 23.9 Å². The minimum Gasteiger partial charge on any atom is -0.462 e. The zero-order chi connectivity index (χ0) is 22.1. The minimum atomic E-state index is -0.646. The van der Waals surface area contributed by atoms with Crippen LogP contribution in [0, 0.1) is 0 Å². The van der Waals surface area contributed by atoms with Crippen molar-refractivity contribution in [3.05, 3.63) is 65.7 Å². The van der Waals surface area contributed by atoms with Crippen molar-refractivity contribution in [2.45, 2.75) is 45.3 Å². The van der Waals surface area contributed by atoms with Crippen LogP contribution in [0.25, 0.3) is 0 Å². The molecule has 0 bridgehead atoms. The number of benzene rings is 2. The van der Waals surface area contributed by atoms with Gasteiger partial charge in [0.15, 0.2) is 0 Å². The van der Waals surface area contributed by atoms with Crippen molar-refractivity contribution in [3.8, 4) is 0 Å². The van der Waals surface area contributed by atoms with Crippen LogP contribution in [0.2, 0.25) is 0 Å². The lowest BCUT2D eigenvalue weighted by molar-refractivity contribution is -0.120. The van der Waals surface area contributed by atoms with Crippen LogP contribution in [0.4, 0.5) is 10.5 Å². The summed E-state index contributed by atoms with van der Waals surface area (Å²) in [5.41, 5.74) is 1.55. The van der Waals surface area contributed by atoms with E-state index in [0.29, 0.717) is 37.2 Å². The normalized spacial score (nSPS) is 15.4. The number of hydrogen-bond donors (Lipinski definition) is 1. The number of likely N-dealkylation sites (tertiary alicyclic amines) is 1. The molecule has 7 heteroatoms. The lowest BCUT2D eigenvalue weighted by Gasteiger charge is -2.23. The Morgan fingerprint density at radius 1 is 1.03 bits per heavy atom. The molecule has 2 aromatic carbocycles. The molecule has 164 valence electrons. The Hall–Kier alpha value is -3.35. The highest BCUT2D eigenvalue weighted by Gasteiger charge is 2.35. The lowest BCUT2D eigenvalue weighted by Crippen LogP contribution is -2.43. The predicted octanol–water partition coefficient (Wildman–Crippen LogP) is 4.38. The molecule has 7 nitrogen and oxygen atoms in total. The molecule has 0 saturated carbocycles. The number of amides is 2. The number of carbonyl (C=O) groups excluding carboxylic acids is 3. The SMILES string of the molecule is CCCCOC(=O)c1ccccc1NC(=O)C1CCCN1C(=O)OCc1ccccc1. The first-order chi connectivity index (χ1) is 15.1. The van der Waals surface area contributed by atoms with Gasteiger partial charge in [0.1, 0.15) is 12.6 Å². The number of para-hydroxylation sites is 1.